The van der Waals surface area contributed by atoms with Crippen LogP contribution in [-0.4, -0.2) is 22.6 Å². The van der Waals surface area contributed by atoms with Crippen LogP contribution in [0.4, 0.5) is 5.69 Å². The Balaban J connectivity index is 1.65. The van der Waals surface area contributed by atoms with Gasteiger partial charge in [-0.1, -0.05) is 52.7 Å². The minimum Gasteiger partial charge on any atom is -0.339 e. The van der Waals surface area contributed by atoms with E-state index in [-0.39, 0.29) is 12.3 Å². The van der Waals surface area contributed by atoms with E-state index in [0.29, 0.717) is 29.7 Å². The fourth-order valence-electron chi connectivity index (χ4n) is 2.67. The number of benzene rings is 2. The van der Waals surface area contributed by atoms with Crippen molar-refractivity contribution in [3.8, 4) is 11.4 Å². The maximum Gasteiger partial charge on any atom is 0.227 e. The van der Waals surface area contributed by atoms with Crippen molar-refractivity contribution in [1.82, 2.24) is 10.1 Å². The second-order valence-electron chi connectivity index (χ2n) is 6.00. The molecular formula is C20H20ClN3O2. The Labute approximate surface area is 157 Å². The lowest BCUT2D eigenvalue weighted by molar-refractivity contribution is -0.118. The molecule has 26 heavy (non-hydrogen) atoms. The Morgan fingerprint density at radius 1 is 1.19 bits per heavy atom. The third kappa shape index (κ3) is 4.29. The van der Waals surface area contributed by atoms with E-state index in [9.17, 15) is 4.79 Å². The molecule has 0 unspecified atom stereocenters. The number of hydrogen-bond donors (Lipinski definition) is 0. The summed E-state index contributed by atoms with van der Waals surface area (Å²) in [5.41, 5.74) is 2.85. The third-order valence-corrected chi connectivity index (χ3v) is 4.30. The number of aryl methyl sites for hydroxylation is 2. The lowest BCUT2D eigenvalue weighted by Crippen LogP contribution is -2.30. The number of nitrogens with zero attached hydrogens (tertiary/aromatic N) is 3. The fraction of sp³-hybridized carbons (Fsp3) is 0.250. The number of hydrogen-bond acceptors (Lipinski definition) is 4. The van der Waals surface area contributed by atoms with E-state index < -0.39 is 0 Å². The average Bonchev–Trinajstić information content (AvgIpc) is 3.10. The molecule has 1 heterocycles. The molecule has 0 saturated carbocycles. The van der Waals surface area contributed by atoms with E-state index in [1.165, 1.54) is 5.56 Å². The predicted octanol–water partition coefficient (Wildman–Crippen LogP) is 4.68. The molecule has 1 aromatic heterocycles. The van der Waals surface area contributed by atoms with Crippen LogP contribution in [0.3, 0.4) is 0 Å². The second-order valence-corrected chi connectivity index (χ2v) is 6.43. The van der Waals surface area contributed by atoms with E-state index in [1.807, 2.05) is 50.2 Å². The normalized spacial score (nSPS) is 10.7. The number of anilines is 1. The van der Waals surface area contributed by atoms with Crippen LogP contribution in [0.1, 0.15) is 24.8 Å². The van der Waals surface area contributed by atoms with Gasteiger partial charge >= 0.3 is 0 Å². The first kappa shape index (κ1) is 18.1. The largest absolute Gasteiger partial charge is 0.339 e. The average molecular weight is 370 g/mol. The van der Waals surface area contributed by atoms with E-state index in [4.69, 9.17) is 16.1 Å². The number of rotatable bonds is 6. The van der Waals surface area contributed by atoms with Gasteiger partial charge in [-0.15, -0.1) is 0 Å². The van der Waals surface area contributed by atoms with E-state index in [1.54, 1.807) is 17.0 Å². The van der Waals surface area contributed by atoms with Gasteiger partial charge < -0.3 is 9.42 Å². The Hall–Kier alpha value is -2.66. The Morgan fingerprint density at radius 3 is 2.65 bits per heavy atom. The Kier molecular flexibility index (Phi) is 5.68. The molecule has 0 aliphatic rings. The smallest absolute Gasteiger partial charge is 0.227 e. The Bertz CT molecular complexity index is 890. The molecule has 5 nitrogen and oxygen atoms in total. The van der Waals surface area contributed by atoms with Gasteiger partial charge in [0.2, 0.25) is 17.6 Å². The van der Waals surface area contributed by atoms with Crippen molar-refractivity contribution in [1.29, 1.82) is 0 Å². The minimum absolute atomic E-state index is 0.00940. The quantitative estimate of drug-likeness (QED) is 0.632. The van der Waals surface area contributed by atoms with Gasteiger partial charge in [-0.05, 0) is 32.0 Å². The van der Waals surface area contributed by atoms with Crippen LogP contribution >= 0.6 is 11.6 Å². The van der Waals surface area contributed by atoms with Crippen molar-refractivity contribution < 1.29 is 9.32 Å². The summed E-state index contributed by atoms with van der Waals surface area (Å²) in [5.74, 6) is 0.982. The molecule has 6 heteroatoms. The lowest BCUT2D eigenvalue weighted by Gasteiger charge is -2.21. The van der Waals surface area contributed by atoms with Crippen LogP contribution in [0.15, 0.2) is 53.1 Å². The first-order valence-corrected chi connectivity index (χ1v) is 8.90. The topological polar surface area (TPSA) is 59.2 Å². The summed E-state index contributed by atoms with van der Waals surface area (Å²) in [6, 6.07) is 15.2. The number of carbonyl (C=O) groups is 1. The standard InChI is InChI=1S/C20H20ClN3O2/c1-3-24(17-6-4-5-16(21)13-17)19(25)12-11-18-22-20(23-26-18)15-9-7-14(2)8-10-15/h4-10,13H,3,11-12H2,1-2H3. The molecule has 0 saturated heterocycles. The summed E-state index contributed by atoms with van der Waals surface area (Å²) in [4.78, 5) is 18.6. The van der Waals surface area contributed by atoms with Gasteiger partial charge in [-0.2, -0.15) is 4.98 Å². The van der Waals surface area contributed by atoms with Crippen LogP contribution in [0.5, 0.6) is 0 Å². The summed E-state index contributed by atoms with van der Waals surface area (Å²) < 4.78 is 5.28. The van der Waals surface area contributed by atoms with Crippen molar-refractivity contribution in [2.45, 2.75) is 26.7 Å². The van der Waals surface area contributed by atoms with Crippen molar-refractivity contribution in [3.05, 3.63) is 65.0 Å². The van der Waals surface area contributed by atoms with E-state index in [2.05, 4.69) is 10.1 Å². The number of halogens is 1. The number of aromatic nitrogens is 2. The molecule has 0 fully saturated rings. The summed E-state index contributed by atoms with van der Waals surface area (Å²) >= 11 is 6.02. The van der Waals surface area contributed by atoms with Crippen molar-refractivity contribution in [2.75, 3.05) is 11.4 Å². The zero-order chi connectivity index (χ0) is 18.5. The zero-order valence-corrected chi connectivity index (χ0v) is 15.5. The molecular weight excluding hydrogens is 350 g/mol. The molecule has 0 spiro atoms. The van der Waals surface area contributed by atoms with Crippen LogP contribution in [0, 0.1) is 6.92 Å². The first-order valence-electron chi connectivity index (χ1n) is 8.52. The summed E-state index contributed by atoms with van der Waals surface area (Å²) in [7, 11) is 0. The van der Waals surface area contributed by atoms with Crippen LogP contribution in [-0.2, 0) is 11.2 Å². The van der Waals surface area contributed by atoms with Crippen molar-refractivity contribution in [2.24, 2.45) is 0 Å². The molecule has 3 aromatic rings. The van der Waals surface area contributed by atoms with Crippen LogP contribution in [0.2, 0.25) is 5.02 Å². The highest BCUT2D eigenvalue weighted by atomic mass is 35.5. The molecule has 1 amide bonds. The molecule has 0 atom stereocenters. The SMILES string of the molecule is CCN(C(=O)CCc1nc(-c2ccc(C)cc2)no1)c1cccc(Cl)c1. The molecule has 2 aromatic carbocycles. The summed E-state index contributed by atoms with van der Waals surface area (Å²) in [6.45, 7) is 4.52. The molecule has 3 rings (SSSR count). The number of amides is 1. The maximum absolute atomic E-state index is 12.6. The molecule has 0 N–H and O–H groups in total. The molecule has 0 bridgehead atoms. The highest BCUT2D eigenvalue weighted by molar-refractivity contribution is 6.30. The zero-order valence-electron chi connectivity index (χ0n) is 14.8. The molecule has 0 radical (unpaired) electrons. The molecule has 0 aliphatic heterocycles. The van der Waals surface area contributed by atoms with Gasteiger partial charge in [0.15, 0.2) is 0 Å². The van der Waals surface area contributed by atoms with Gasteiger partial charge in [0, 0.05) is 35.7 Å². The van der Waals surface area contributed by atoms with Crippen LogP contribution in [0.25, 0.3) is 11.4 Å². The second kappa shape index (κ2) is 8.15. The molecule has 0 aliphatic carbocycles. The third-order valence-electron chi connectivity index (χ3n) is 4.07. The van der Waals surface area contributed by atoms with E-state index >= 15 is 0 Å². The predicted molar refractivity (Wildman–Crippen MR) is 102 cm³/mol. The van der Waals surface area contributed by atoms with Gasteiger partial charge in [-0.3, -0.25) is 4.79 Å². The van der Waals surface area contributed by atoms with Crippen LogP contribution < -0.4 is 4.90 Å². The van der Waals surface area contributed by atoms with Gasteiger partial charge in [0.1, 0.15) is 0 Å². The summed E-state index contributed by atoms with van der Waals surface area (Å²) in [6.07, 6.45) is 0.685. The maximum atomic E-state index is 12.6. The molecule has 134 valence electrons. The number of carbonyl (C=O) groups excluding carboxylic acids is 1. The Morgan fingerprint density at radius 2 is 1.96 bits per heavy atom. The van der Waals surface area contributed by atoms with Gasteiger partial charge in [0.05, 0.1) is 0 Å². The first-order chi connectivity index (χ1) is 12.6. The summed E-state index contributed by atoms with van der Waals surface area (Å²) in [5, 5.41) is 4.61. The highest BCUT2D eigenvalue weighted by Crippen LogP contribution is 2.21. The monoisotopic (exact) mass is 369 g/mol. The van der Waals surface area contributed by atoms with Crippen molar-refractivity contribution >= 4 is 23.2 Å². The minimum atomic E-state index is -0.00940. The van der Waals surface area contributed by atoms with E-state index in [0.717, 1.165) is 11.3 Å². The van der Waals surface area contributed by atoms with Gasteiger partial charge in [-0.25, -0.2) is 0 Å². The highest BCUT2D eigenvalue weighted by Gasteiger charge is 2.16. The fourth-order valence-corrected chi connectivity index (χ4v) is 2.86. The van der Waals surface area contributed by atoms with Gasteiger partial charge in [0.25, 0.3) is 0 Å². The lowest BCUT2D eigenvalue weighted by atomic mass is 10.1. The van der Waals surface area contributed by atoms with Crippen molar-refractivity contribution in [3.63, 3.8) is 0 Å².